The summed E-state index contributed by atoms with van der Waals surface area (Å²) < 4.78 is 16.9. The molecule has 2 aliphatic rings. The summed E-state index contributed by atoms with van der Waals surface area (Å²) in [5.74, 6) is -1.31. The summed E-state index contributed by atoms with van der Waals surface area (Å²) in [5, 5.41) is 0. The molecule has 1 aliphatic carbocycles. The first kappa shape index (κ1) is 23.4. The average molecular weight is 409 g/mol. The lowest BCUT2D eigenvalue weighted by atomic mass is 9.88. The van der Waals surface area contributed by atoms with E-state index in [1.54, 1.807) is 6.92 Å². The lowest BCUT2D eigenvalue weighted by molar-refractivity contribution is -0.167. The molecule has 0 aromatic heterocycles. The van der Waals surface area contributed by atoms with Crippen molar-refractivity contribution in [1.82, 2.24) is 0 Å². The summed E-state index contributed by atoms with van der Waals surface area (Å²) in [5.41, 5.74) is -0.102. The normalized spacial score (nSPS) is 24.4. The predicted octanol–water partition coefficient (Wildman–Crippen LogP) is 4.35. The average Bonchev–Trinajstić information content (AvgIpc) is 3.22. The molecule has 164 valence electrons. The number of hydrogen-bond donors (Lipinski definition) is 0. The van der Waals surface area contributed by atoms with Gasteiger partial charge in [0, 0.05) is 12.0 Å². The second kappa shape index (κ2) is 9.77. The van der Waals surface area contributed by atoms with Crippen molar-refractivity contribution < 1.29 is 28.6 Å². The molecular formula is C23H36O6. The number of carbonyl (C=O) groups excluding carboxylic acids is 3. The number of hydrogen-bond acceptors (Lipinski definition) is 6. The summed E-state index contributed by atoms with van der Waals surface area (Å²) >= 11 is 0. The van der Waals surface area contributed by atoms with Gasteiger partial charge < -0.3 is 14.2 Å². The Kier molecular flexibility index (Phi) is 7.89. The first-order chi connectivity index (χ1) is 13.5. The van der Waals surface area contributed by atoms with Crippen LogP contribution < -0.4 is 0 Å². The van der Waals surface area contributed by atoms with Crippen molar-refractivity contribution in [1.29, 1.82) is 0 Å². The second-order valence-corrected chi connectivity index (χ2v) is 9.37. The molecule has 1 heterocycles. The quantitative estimate of drug-likeness (QED) is 0.320. The predicted molar refractivity (Wildman–Crippen MR) is 109 cm³/mol. The van der Waals surface area contributed by atoms with Crippen LogP contribution in [0.25, 0.3) is 0 Å². The Hall–Kier alpha value is -1.85. The first-order valence-corrected chi connectivity index (χ1v) is 10.8. The van der Waals surface area contributed by atoms with Crippen LogP contribution in [-0.4, -0.2) is 35.7 Å². The number of rotatable bonds is 9. The molecule has 29 heavy (non-hydrogen) atoms. The minimum atomic E-state index is -0.559. The lowest BCUT2D eigenvalue weighted by Gasteiger charge is -2.33. The summed E-state index contributed by atoms with van der Waals surface area (Å²) in [6, 6.07) is 0. The Morgan fingerprint density at radius 2 is 1.83 bits per heavy atom. The van der Waals surface area contributed by atoms with Crippen molar-refractivity contribution >= 4 is 17.9 Å². The molecule has 1 aliphatic heterocycles. The minimum Gasteiger partial charge on any atom is -0.459 e. The van der Waals surface area contributed by atoms with Gasteiger partial charge in [0.05, 0.1) is 12.3 Å². The van der Waals surface area contributed by atoms with Crippen LogP contribution in [0.3, 0.4) is 0 Å². The number of esters is 3. The highest BCUT2D eigenvalue weighted by atomic mass is 16.6. The Balaban J connectivity index is 1.99. The Bertz CT molecular complexity index is 629. The molecule has 3 unspecified atom stereocenters. The van der Waals surface area contributed by atoms with Gasteiger partial charge in [0.15, 0.2) is 0 Å². The zero-order valence-electron chi connectivity index (χ0n) is 18.5. The molecule has 3 atom stereocenters. The topological polar surface area (TPSA) is 78.9 Å². The summed E-state index contributed by atoms with van der Waals surface area (Å²) in [6.45, 7) is 13.4. The van der Waals surface area contributed by atoms with Gasteiger partial charge in [0.2, 0.25) is 0 Å². The van der Waals surface area contributed by atoms with E-state index in [1.807, 2.05) is 13.8 Å². The van der Waals surface area contributed by atoms with Gasteiger partial charge in [-0.2, -0.15) is 0 Å². The summed E-state index contributed by atoms with van der Waals surface area (Å²) in [7, 11) is 0. The van der Waals surface area contributed by atoms with Gasteiger partial charge in [-0.05, 0) is 50.9 Å². The third-order valence-electron chi connectivity index (χ3n) is 6.08. The third kappa shape index (κ3) is 6.06. The first-order valence-electron chi connectivity index (χ1n) is 10.8. The van der Waals surface area contributed by atoms with Crippen LogP contribution in [0.4, 0.5) is 0 Å². The molecule has 0 amide bonds. The highest BCUT2D eigenvalue weighted by molar-refractivity contribution is 5.87. The van der Waals surface area contributed by atoms with Crippen LogP contribution in [0.1, 0.15) is 79.6 Å². The van der Waals surface area contributed by atoms with Crippen LogP contribution in [0.5, 0.6) is 0 Å². The maximum atomic E-state index is 12.6. The second-order valence-electron chi connectivity index (χ2n) is 9.37. The molecule has 2 rings (SSSR count). The van der Waals surface area contributed by atoms with Crippen LogP contribution in [0.15, 0.2) is 12.2 Å². The molecule has 6 nitrogen and oxygen atoms in total. The van der Waals surface area contributed by atoms with Crippen LogP contribution >= 0.6 is 0 Å². The van der Waals surface area contributed by atoms with E-state index in [2.05, 4.69) is 20.4 Å². The number of carbonyl (C=O) groups is 3. The van der Waals surface area contributed by atoms with E-state index in [0.717, 1.165) is 25.7 Å². The van der Waals surface area contributed by atoms with E-state index in [1.165, 1.54) is 0 Å². The van der Waals surface area contributed by atoms with Crippen molar-refractivity contribution in [3.8, 4) is 0 Å². The van der Waals surface area contributed by atoms with Crippen molar-refractivity contribution in [3.63, 3.8) is 0 Å². The fourth-order valence-electron chi connectivity index (χ4n) is 4.28. The summed E-state index contributed by atoms with van der Waals surface area (Å²) in [4.78, 5) is 37.0. The molecule has 0 aromatic rings. The largest absolute Gasteiger partial charge is 0.459 e. The fourth-order valence-corrected chi connectivity index (χ4v) is 4.28. The fraction of sp³-hybridized carbons (Fsp3) is 0.783. The van der Waals surface area contributed by atoms with E-state index in [4.69, 9.17) is 14.2 Å². The monoisotopic (exact) mass is 408 g/mol. The minimum absolute atomic E-state index is 0.00658. The highest BCUT2D eigenvalue weighted by Crippen LogP contribution is 2.40. The van der Waals surface area contributed by atoms with E-state index in [0.29, 0.717) is 18.4 Å². The van der Waals surface area contributed by atoms with Crippen LogP contribution in [0.2, 0.25) is 0 Å². The van der Waals surface area contributed by atoms with Gasteiger partial charge in [0.25, 0.3) is 0 Å². The van der Waals surface area contributed by atoms with Gasteiger partial charge in [0.1, 0.15) is 17.8 Å². The molecule has 0 spiro atoms. The van der Waals surface area contributed by atoms with Crippen molar-refractivity contribution in [2.45, 2.75) is 97.4 Å². The maximum Gasteiger partial charge on any atom is 0.333 e. The van der Waals surface area contributed by atoms with Crippen molar-refractivity contribution in [2.75, 3.05) is 0 Å². The number of ether oxygens (including phenoxy) is 3. The number of cyclic esters (lactones) is 1. The van der Waals surface area contributed by atoms with E-state index >= 15 is 0 Å². The van der Waals surface area contributed by atoms with Crippen molar-refractivity contribution in [2.24, 2.45) is 17.8 Å². The molecule has 1 saturated heterocycles. The maximum absolute atomic E-state index is 12.6. The molecule has 0 N–H and O–H groups in total. The molecular weight excluding hydrogens is 372 g/mol. The van der Waals surface area contributed by atoms with Gasteiger partial charge in [-0.25, -0.2) is 4.79 Å². The van der Waals surface area contributed by atoms with Gasteiger partial charge in [-0.1, -0.05) is 34.3 Å². The van der Waals surface area contributed by atoms with Crippen molar-refractivity contribution in [3.05, 3.63) is 12.2 Å². The van der Waals surface area contributed by atoms with Gasteiger partial charge in [-0.3, -0.25) is 9.59 Å². The van der Waals surface area contributed by atoms with E-state index in [-0.39, 0.29) is 24.2 Å². The molecule has 0 aromatic carbocycles. The van der Waals surface area contributed by atoms with Gasteiger partial charge in [-0.15, -0.1) is 0 Å². The zero-order chi connectivity index (χ0) is 21.8. The van der Waals surface area contributed by atoms with Gasteiger partial charge >= 0.3 is 17.9 Å². The zero-order valence-corrected chi connectivity index (χ0v) is 18.5. The summed E-state index contributed by atoms with van der Waals surface area (Å²) in [6.07, 6.45) is 3.72. The molecule has 1 saturated carbocycles. The third-order valence-corrected chi connectivity index (χ3v) is 6.08. The molecule has 6 heteroatoms. The standard InChI is InChI=1S/C23H36O6/c1-14(2)11-18(27-21(25)15(3)4)19-12-17(22(26)28-19)13-20(24)29-23(16(5)6)9-7-8-10-23/h14,16-19H,3,7-13H2,1-2,4-6H3. The lowest BCUT2D eigenvalue weighted by Crippen LogP contribution is -2.38. The highest BCUT2D eigenvalue weighted by Gasteiger charge is 2.44. The SMILES string of the molecule is C=C(C)C(=O)OC(CC(C)C)C1CC(CC(=O)OC2(C(C)C)CCCC2)C(=O)O1. The molecule has 2 fully saturated rings. The van der Waals surface area contributed by atoms with Crippen LogP contribution in [-0.2, 0) is 28.6 Å². The van der Waals surface area contributed by atoms with E-state index in [9.17, 15) is 14.4 Å². The van der Waals surface area contributed by atoms with Crippen LogP contribution in [0, 0.1) is 17.8 Å². The Morgan fingerprint density at radius 1 is 1.21 bits per heavy atom. The van der Waals surface area contributed by atoms with E-state index < -0.39 is 35.7 Å². The molecule has 0 bridgehead atoms. The Morgan fingerprint density at radius 3 is 2.34 bits per heavy atom. The smallest absolute Gasteiger partial charge is 0.333 e. The molecule has 0 radical (unpaired) electrons. The Labute approximate surface area is 174 Å².